The molecule has 3 aliphatic carbocycles. The maximum atomic E-state index is 13.4. The van der Waals surface area contributed by atoms with Crippen LogP contribution in [0.25, 0.3) is 0 Å². The topological polar surface area (TPSA) is 26.3 Å². The van der Waals surface area contributed by atoms with Crippen molar-refractivity contribution in [2.45, 2.75) is 103 Å². The molecule has 5 heteroatoms. The van der Waals surface area contributed by atoms with E-state index in [1.807, 2.05) is 0 Å². The number of unbranched alkanes of at least 4 members (excludes halogenated alkanes) is 3. The molecule has 0 spiro atoms. The molecule has 3 saturated carbocycles. The van der Waals surface area contributed by atoms with E-state index in [0.29, 0.717) is 5.92 Å². The van der Waals surface area contributed by atoms with Crippen LogP contribution in [-0.4, -0.2) is 5.97 Å². The molecule has 0 bridgehead atoms. The highest BCUT2D eigenvalue weighted by Crippen LogP contribution is 2.49. The van der Waals surface area contributed by atoms with Crippen LogP contribution in [0.15, 0.2) is 12.1 Å². The normalized spacial score (nSPS) is 31.6. The summed E-state index contributed by atoms with van der Waals surface area (Å²) in [5.74, 6) is -0.938. The fourth-order valence-corrected chi connectivity index (χ4v) is 7.19. The van der Waals surface area contributed by atoms with E-state index in [1.165, 1.54) is 70.6 Å². The van der Waals surface area contributed by atoms with Crippen LogP contribution in [-0.2, 0) is 4.79 Å². The fourth-order valence-electron chi connectivity index (χ4n) is 7.19. The lowest BCUT2D eigenvalue weighted by molar-refractivity contribution is -0.140. The summed E-state index contributed by atoms with van der Waals surface area (Å²) >= 11 is 0. The first-order chi connectivity index (χ1) is 16.4. The van der Waals surface area contributed by atoms with Crippen LogP contribution in [0.2, 0.25) is 0 Å². The van der Waals surface area contributed by atoms with Crippen molar-refractivity contribution in [2.24, 2.45) is 35.5 Å². The molecule has 0 aromatic heterocycles. The van der Waals surface area contributed by atoms with Gasteiger partial charge in [0.05, 0.1) is 5.92 Å². The van der Waals surface area contributed by atoms with Gasteiger partial charge in [-0.15, -0.1) is 0 Å². The van der Waals surface area contributed by atoms with Gasteiger partial charge in [-0.05, 0) is 87.4 Å². The Morgan fingerprint density at radius 1 is 0.794 bits per heavy atom. The Balaban J connectivity index is 1.20. The minimum absolute atomic E-state index is 0.244. The zero-order valence-electron chi connectivity index (χ0n) is 20.7. The molecule has 34 heavy (non-hydrogen) atoms. The summed E-state index contributed by atoms with van der Waals surface area (Å²) in [6.07, 6.45) is 18.9. The molecular formula is C29H41F3O2. The Labute approximate surface area is 203 Å². The van der Waals surface area contributed by atoms with Crippen molar-refractivity contribution in [1.29, 1.82) is 0 Å². The Bertz CT molecular complexity index is 795. The SMILES string of the molecule is CCCCCCC1CCC2CC(C3CCC(C(=O)Oc4cc(F)c(F)c(F)c4)CC3)CCC2C1. The molecule has 2 nitrogen and oxygen atoms in total. The smallest absolute Gasteiger partial charge is 0.314 e. The van der Waals surface area contributed by atoms with Gasteiger partial charge in [0.2, 0.25) is 0 Å². The average molecular weight is 479 g/mol. The lowest BCUT2D eigenvalue weighted by Crippen LogP contribution is -2.35. The number of ether oxygens (including phenoxy) is 1. The zero-order chi connectivity index (χ0) is 24.1. The second-order valence-electron chi connectivity index (χ2n) is 11.4. The molecule has 0 heterocycles. The maximum absolute atomic E-state index is 13.4. The van der Waals surface area contributed by atoms with Gasteiger partial charge in [-0.25, -0.2) is 13.2 Å². The maximum Gasteiger partial charge on any atom is 0.314 e. The van der Waals surface area contributed by atoms with E-state index >= 15 is 0 Å². The molecular weight excluding hydrogens is 437 g/mol. The van der Waals surface area contributed by atoms with E-state index in [0.717, 1.165) is 61.5 Å². The van der Waals surface area contributed by atoms with Crippen LogP contribution in [0.1, 0.15) is 103 Å². The van der Waals surface area contributed by atoms with Gasteiger partial charge in [0.25, 0.3) is 0 Å². The van der Waals surface area contributed by atoms with Gasteiger partial charge >= 0.3 is 5.97 Å². The number of carbonyl (C=O) groups is 1. The van der Waals surface area contributed by atoms with Gasteiger partial charge in [0.15, 0.2) is 17.5 Å². The number of rotatable bonds is 8. The summed E-state index contributed by atoms with van der Waals surface area (Å²) in [4.78, 5) is 12.5. The second kappa shape index (κ2) is 11.9. The third kappa shape index (κ3) is 6.37. The van der Waals surface area contributed by atoms with Crippen molar-refractivity contribution in [3.63, 3.8) is 0 Å². The molecule has 1 aromatic rings. The van der Waals surface area contributed by atoms with Crippen LogP contribution in [0.5, 0.6) is 5.75 Å². The van der Waals surface area contributed by atoms with Crippen molar-refractivity contribution in [1.82, 2.24) is 0 Å². The summed E-state index contributed by atoms with van der Waals surface area (Å²) in [7, 11) is 0. The lowest BCUT2D eigenvalue weighted by atomic mass is 9.60. The molecule has 3 aliphatic rings. The number of hydrogen-bond acceptors (Lipinski definition) is 2. The number of fused-ring (bicyclic) bond motifs is 1. The minimum Gasteiger partial charge on any atom is -0.426 e. The molecule has 1 aromatic carbocycles. The van der Waals surface area contributed by atoms with E-state index < -0.39 is 23.4 Å². The van der Waals surface area contributed by atoms with Crippen LogP contribution < -0.4 is 4.74 Å². The van der Waals surface area contributed by atoms with Crippen LogP contribution in [0.3, 0.4) is 0 Å². The molecule has 4 atom stereocenters. The second-order valence-corrected chi connectivity index (χ2v) is 11.4. The quantitative estimate of drug-likeness (QED) is 0.162. The van der Waals surface area contributed by atoms with E-state index in [4.69, 9.17) is 4.74 Å². The summed E-state index contributed by atoms with van der Waals surface area (Å²) in [6.45, 7) is 2.28. The zero-order valence-corrected chi connectivity index (χ0v) is 20.7. The molecule has 4 rings (SSSR count). The molecule has 190 valence electrons. The van der Waals surface area contributed by atoms with Crippen molar-refractivity contribution >= 4 is 5.97 Å². The van der Waals surface area contributed by atoms with Gasteiger partial charge in [-0.2, -0.15) is 0 Å². The van der Waals surface area contributed by atoms with Crippen LogP contribution in [0.4, 0.5) is 13.2 Å². The standard InChI is InChI=1S/C29H41F3O2/c1-2-3-4-5-6-19-7-8-24-16-23(14-13-22(24)15-19)20-9-11-21(12-10-20)29(33)34-25-17-26(30)28(32)27(31)18-25/h17-24H,2-16H2,1H3. The number of benzene rings is 1. The molecule has 0 N–H and O–H groups in total. The number of halogens is 3. The van der Waals surface area contributed by atoms with Gasteiger partial charge in [-0.1, -0.05) is 45.4 Å². The van der Waals surface area contributed by atoms with E-state index in [9.17, 15) is 18.0 Å². The first kappa shape index (κ1) is 25.6. The molecule has 3 fully saturated rings. The Kier molecular flexibility index (Phi) is 8.98. The fraction of sp³-hybridized carbons (Fsp3) is 0.759. The van der Waals surface area contributed by atoms with Crippen LogP contribution in [0, 0.1) is 53.0 Å². The number of esters is 1. The predicted octanol–water partition coefficient (Wildman–Crippen LogP) is 8.62. The summed E-state index contributed by atoms with van der Waals surface area (Å²) in [5, 5.41) is 0. The van der Waals surface area contributed by atoms with Crippen molar-refractivity contribution in [2.75, 3.05) is 0 Å². The number of carbonyl (C=O) groups excluding carboxylic acids is 1. The lowest BCUT2D eigenvalue weighted by Gasteiger charge is -2.45. The van der Waals surface area contributed by atoms with Gasteiger partial charge in [0, 0.05) is 12.1 Å². The highest BCUT2D eigenvalue weighted by Gasteiger charge is 2.39. The first-order valence-corrected chi connectivity index (χ1v) is 13.8. The molecule has 0 saturated heterocycles. The molecule has 0 aliphatic heterocycles. The Morgan fingerprint density at radius 3 is 2.06 bits per heavy atom. The van der Waals surface area contributed by atoms with Gasteiger partial charge in [0.1, 0.15) is 5.75 Å². The Hall–Kier alpha value is -1.52. The predicted molar refractivity (Wildman–Crippen MR) is 128 cm³/mol. The van der Waals surface area contributed by atoms with E-state index in [1.54, 1.807) is 0 Å². The van der Waals surface area contributed by atoms with Crippen molar-refractivity contribution in [3.05, 3.63) is 29.6 Å². The highest BCUT2D eigenvalue weighted by molar-refractivity contribution is 5.75. The molecule has 4 unspecified atom stereocenters. The first-order valence-electron chi connectivity index (χ1n) is 13.8. The van der Waals surface area contributed by atoms with Crippen molar-refractivity contribution in [3.8, 4) is 5.75 Å². The summed E-state index contributed by atoms with van der Waals surface area (Å²) in [6, 6.07) is 1.47. The average Bonchev–Trinajstić information content (AvgIpc) is 2.85. The van der Waals surface area contributed by atoms with Gasteiger partial charge < -0.3 is 4.74 Å². The minimum atomic E-state index is -1.55. The summed E-state index contributed by atoms with van der Waals surface area (Å²) in [5.41, 5.74) is 0. The van der Waals surface area contributed by atoms with E-state index in [2.05, 4.69) is 6.92 Å². The molecule has 0 amide bonds. The summed E-state index contributed by atoms with van der Waals surface area (Å²) < 4.78 is 45.1. The number of hydrogen-bond donors (Lipinski definition) is 0. The molecule has 0 radical (unpaired) electrons. The van der Waals surface area contributed by atoms with Gasteiger partial charge in [-0.3, -0.25) is 4.79 Å². The third-order valence-corrected chi connectivity index (χ3v) is 9.18. The monoisotopic (exact) mass is 478 g/mol. The van der Waals surface area contributed by atoms with Crippen molar-refractivity contribution < 1.29 is 22.7 Å². The largest absolute Gasteiger partial charge is 0.426 e. The third-order valence-electron chi connectivity index (χ3n) is 9.18. The highest BCUT2D eigenvalue weighted by atomic mass is 19.2. The Morgan fingerprint density at radius 2 is 1.38 bits per heavy atom. The van der Waals surface area contributed by atoms with E-state index in [-0.39, 0.29) is 11.7 Å². The van der Waals surface area contributed by atoms with Crippen LogP contribution >= 0.6 is 0 Å².